The van der Waals surface area contributed by atoms with Gasteiger partial charge in [-0.2, -0.15) is 0 Å². The van der Waals surface area contributed by atoms with Gasteiger partial charge in [-0.3, -0.25) is 38.4 Å². The van der Waals surface area contributed by atoms with Gasteiger partial charge in [0.25, 0.3) is 0 Å². The van der Waals surface area contributed by atoms with Crippen LogP contribution in [0.3, 0.4) is 0 Å². The lowest BCUT2D eigenvalue weighted by molar-refractivity contribution is -0.136. The highest BCUT2D eigenvalue weighted by atomic mass is 33.1. The van der Waals surface area contributed by atoms with Crippen molar-refractivity contribution in [1.29, 1.82) is 0 Å². The highest BCUT2D eigenvalue weighted by molar-refractivity contribution is 8.77. The number of carbonyl (C=O) groups excluding carboxylic acids is 8. The summed E-state index contributed by atoms with van der Waals surface area (Å²) >= 11 is 0. The van der Waals surface area contributed by atoms with Crippen LogP contribution in [0.4, 0.5) is 0 Å². The molecule has 2 aliphatic rings. The SMILES string of the molecule is CCOc1ccc(CC2NC(=O)CC3(CCCCC3)SSCC(C(=O)N[C@@H](CCCN)C(=O)NCCN)NC(=O)[C@H](CC(N)=O)NC(=O)[C@H](C(C)C)NC(=O)C(Cc3ccccc3)NC2=O)cc1. The molecule has 19 nitrogen and oxygen atoms in total. The molecule has 1 aliphatic carbocycles. The summed E-state index contributed by atoms with van der Waals surface area (Å²) in [6, 6.07) is 8.53. The zero-order valence-electron chi connectivity index (χ0n) is 39.3. The molecule has 0 aromatic heterocycles. The molecule has 1 spiro atoms. The summed E-state index contributed by atoms with van der Waals surface area (Å²) in [6.45, 7) is 6.22. The van der Waals surface area contributed by atoms with Crippen LogP contribution in [-0.4, -0.2) is 120 Å². The second kappa shape index (κ2) is 28.2. The van der Waals surface area contributed by atoms with Crippen molar-refractivity contribution in [3.8, 4) is 5.75 Å². The quantitative estimate of drug-likeness (QED) is 0.0974. The topological polar surface area (TPSA) is 308 Å². The standard InChI is InChI=1S/C47H70N10O9S2/c1-4-66-32-17-15-31(16-18-32)25-34-42(61)54-35(24-30-12-7-5-8-13-30)44(63)57-40(29(2)3)46(65)55-36(26-38(50)58)43(62)56-37(45(64)53-33(14-11-21-48)41(60)51-23-22-49)28-67-68-47(27-39(59)52-34)19-9-6-10-20-47/h5,7-8,12-13,15-18,29,33-37,40H,4,6,9-11,14,19-28,48-49H2,1-3H3,(H2,50,58)(H,51,60)(H,52,59)(H,53,64)(H,54,61)(H,55,65)(H,56,62)(H,57,63)/t33-,34?,35?,36-,37?,40-/m0/s1. The highest BCUT2D eigenvalue weighted by Gasteiger charge is 2.39. The van der Waals surface area contributed by atoms with Crippen molar-refractivity contribution in [3.05, 3.63) is 65.7 Å². The molecule has 2 fully saturated rings. The van der Waals surface area contributed by atoms with Gasteiger partial charge in [0.15, 0.2) is 0 Å². The second-order valence-electron chi connectivity index (χ2n) is 17.5. The van der Waals surface area contributed by atoms with E-state index in [1.165, 1.54) is 21.6 Å². The van der Waals surface area contributed by atoms with E-state index in [1.54, 1.807) is 62.4 Å². The summed E-state index contributed by atoms with van der Waals surface area (Å²) in [5, 5.41) is 19.3. The number of nitrogens with two attached hydrogens (primary N) is 3. The van der Waals surface area contributed by atoms with Crippen LogP contribution in [0, 0.1) is 5.92 Å². The van der Waals surface area contributed by atoms with E-state index in [1.807, 2.05) is 13.0 Å². The van der Waals surface area contributed by atoms with E-state index in [9.17, 15) is 38.4 Å². The summed E-state index contributed by atoms with van der Waals surface area (Å²) < 4.78 is 4.98. The smallest absolute Gasteiger partial charge is 0.244 e. The van der Waals surface area contributed by atoms with Gasteiger partial charge >= 0.3 is 0 Å². The number of primary amides is 1. The molecular weight excluding hydrogens is 913 g/mol. The van der Waals surface area contributed by atoms with Crippen LogP contribution in [0.25, 0.3) is 0 Å². The van der Waals surface area contributed by atoms with E-state index in [4.69, 9.17) is 21.9 Å². The molecule has 4 rings (SSSR count). The molecule has 374 valence electrons. The number of ether oxygens (including phenoxy) is 1. The summed E-state index contributed by atoms with van der Waals surface area (Å²) in [4.78, 5) is 111. The molecule has 3 unspecified atom stereocenters. The van der Waals surface area contributed by atoms with Gasteiger partial charge < -0.3 is 59.2 Å². The van der Waals surface area contributed by atoms with Crippen LogP contribution < -0.4 is 59.2 Å². The van der Waals surface area contributed by atoms with Crippen LogP contribution in [0.5, 0.6) is 5.75 Å². The van der Waals surface area contributed by atoms with E-state index in [-0.39, 0.29) is 51.1 Å². The van der Waals surface area contributed by atoms with Gasteiger partial charge in [0.2, 0.25) is 47.3 Å². The summed E-state index contributed by atoms with van der Waals surface area (Å²) in [5.74, 6) is -5.66. The third kappa shape index (κ3) is 17.9. The third-order valence-electron chi connectivity index (χ3n) is 11.7. The van der Waals surface area contributed by atoms with E-state index in [0.29, 0.717) is 37.2 Å². The van der Waals surface area contributed by atoms with Crippen LogP contribution in [0.15, 0.2) is 54.6 Å². The molecule has 6 atom stereocenters. The minimum absolute atomic E-state index is 0.0140. The number of hydrogen-bond donors (Lipinski definition) is 10. The minimum atomic E-state index is -1.59. The van der Waals surface area contributed by atoms with Gasteiger partial charge in [-0.1, -0.05) is 97.2 Å². The Bertz CT molecular complexity index is 2010. The molecule has 1 aliphatic heterocycles. The molecule has 0 radical (unpaired) electrons. The van der Waals surface area contributed by atoms with Crippen molar-refractivity contribution >= 4 is 68.8 Å². The minimum Gasteiger partial charge on any atom is -0.494 e. The summed E-state index contributed by atoms with van der Waals surface area (Å²) in [6.07, 6.45) is 3.90. The number of carbonyl (C=O) groups is 8. The molecule has 2 aromatic carbocycles. The number of rotatable bonds is 17. The van der Waals surface area contributed by atoms with Crippen LogP contribution in [-0.2, 0) is 51.2 Å². The lowest BCUT2D eigenvalue weighted by Gasteiger charge is -2.36. The van der Waals surface area contributed by atoms with Gasteiger partial charge in [-0.05, 0) is 68.3 Å². The Morgan fingerprint density at radius 2 is 1.40 bits per heavy atom. The number of benzene rings is 2. The lowest BCUT2D eigenvalue weighted by Crippen LogP contribution is -2.61. The van der Waals surface area contributed by atoms with Crippen molar-refractivity contribution in [2.45, 2.75) is 132 Å². The fourth-order valence-electron chi connectivity index (χ4n) is 8.01. The van der Waals surface area contributed by atoms with E-state index in [2.05, 4.69) is 37.2 Å². The normalized spacial score (nSPS) is 22.6. The highest BCUT2D eigenvalue weighted by Crippen LogP contribution is 2.48. The monoisotopic (exact) mass is 982 g/mol. The van der Waals surface area contributed by atoms with E-state index in [0.717, 1.165) is 24.8 Å². The average Bonchev–Trinajstić information content (AvgIpc) is 3.30. The molecule has 0 bridgehead atoms. The first-order chi connectivity index (χ1) is 32.6. The lowest BCUT2D eigenvalue weighted by atomic mass is 9.85. The molecule has 2 aromatic rings. The van der Waals surface area contributed by atoms with Crippen molar-refractivity contribution < 1.29 is 43.1 Å². The Kier molecular flexibility index (Phi) is 22.9. The van der Waals surface area contributed by atoms with Crippen LogP contribution in [0.1, 0.15) is 89.7 Å². The summed E-state index contributed by atoms with van der Waals surface area (Å²) in [5.41, 5.74) is 18.4. The van der Waals surface area contributed by atoms with Crippen molar-refractivity contribution in [3.63, 3.8) is 0 Å². The number of hydrogen-bond acceptors (Lipinski definition) is 13. The number of amides is 8. The second-order valence-corrected chi connectivity index (χ2v) is 20.3. The van der Waals surface area contributed by atoms with Crippen molar-refractivity contribution in [2.75, 3.05) is 32.0 Å². The zero-order valence-corrected chi connectivity index (χ0v) is 40.9. The Hall–Kier alpha value is -5.38. The van der Waals surface area contributed by atoms with Crippen LogP contribution >= 0.6 is 21.6 Å². The van der Waals surface area contributed by atoms with E-state index >= 15 is 0 Å². The maximum Gasteiger partial charge on any atom is 0.244 e. The van der Waals surface area contributed by atoms with Gasteiger partial charge in [0.05, 0.1) is 13.0 Å². The zero-order chi connectivity index (χ0) is 49.6. The van der Waals surface area contributed by atoms with Gasteiger partial charge in [-0.25, -0.2) is 0 Å². The van der Waals surface area contributed by atoms with E-state index < -0.39 is 101 Å². The fraction of sp³-hybridized carbons (Fsp3) is 0.574. The first kappa shape index (κ1) is 55.2. The van der Waals surface area contributed by atoms with Crippen molar-refractivity contribution in [2.24, 2.45) is 23.1 Å². The molecule has 68 heavy (non-hydrogen) atoms. The molecule has 8 amide bonds. The molecule has 1 heterocycles. The van der Waals surface area contributed by atoms with Gasteiger partial charge in [-0.15, -0.1) is 0 Å². The molecule has 1 saturated heterocycles. The summed E-state index contributed by atoms with van der Waals surface area (Å²) in [7, 11) is 2.66. The van der Waals surface area contributed by atoms with Crippen LogP contribution in [0.2, 0.25) is 0 Å². The Labute approximate surface area is 406 Å². The maximum atomic E-state index is 14.5. The molecule has 13 N–H and O–H groups in total. The first-order valence-corrected chi connectivity index (χ1v) is 25.7. The molecular formula is C47H70N10O9S2. The largest absolute Gasteiger partial charge is 0.494 e. The fourth-order valence-corrected chi connectivity index (χ4v) is 11.4. The number of nitrogens with one attached hydrogen (secondary N) is 7. The Morgan fingerprint density at radius 1 is 0.779 bits per heavy atom. The van der Waals surface area contributed by atoms with Gasteiger partial charge in [0, 0.05) is 42.9 Å². The van der Waals surface area contributed by atoms with Gasteiger partial charge in [0.1, 0.15) is 42.0 Å². The molecule has 21 heteroatoms. The predicted octanol–water partition coefficient (Wildman–Crippen LogP) is 0.612. The third-order valence-corrected chi connectivity index (χ3v) is 15.0. The Balaban J connectivity index is 1.78. The Morgan fingerprint density at radius 3 is 2.01 bits per heavy atom. The first-order valence-electron chi connectivity index (χ1n) is 23.4. The van der Waals surface area contributed by atoms with Crippen molar-refractivity contribution in [1.82, 2.24) is 37.2 Å². The average molecular weight is 983 g/mol. The predicted molar refractivity (Wildman–Crippen MR) is 263 cm³/mol. The molecule has 1 saturated carbocycles. The maximum absolute atomic E-state index is 14.5.